The maximum Gasteiger partial charge on any atom is 0.243 e. The number of methoxy groups -OCH3 is 2. The summed E-state index contributed by atoms with van der Waals surface area (Å²) < 4.78 is 53.6. The van der Waals surface area contributed by atoms with Gasteiger partial charge < -0.3 is 29.0 Å². The lowest BCUT2D eigenvalue weighted by Gasteiger charge is -2.45. The second-order valence-electron chi connectivity index (χ2n) is 13.5. The van der Waals surface area contributed by atoms with E-state index in [4.69, 9.17) is 18.9 Å². The highest BCUT2D eigenvalue weighted by Gasteiger charge is 2.44. The summed E-state index contributed by atoms with van der Waals surface area (Å²) in [6.07, 6.45) is 1.57. The van der Waals surface area contributed by atoms with Crippen LogP contribution in [0.5, 0.6) is 11.5 Å². The number of anilines is 1. The van der Waals surface area contributed by atoms with Crippen molar-refractivity contribution in [3.05, 3.63) is 83.4 Å². The highest BCUT2D eigenvalue weighted by molar-refractivity contribution is 7.89. The second-order valence-corrected chi connectivity index (χ2v) is 15.4. The lowest BCUT2D eigenvalue weighted by Crippen LogP contribution is -2.53. The maximum absolute atomic E-state index is 14.3. The lowest BCUT2D eigenvalue weighted by atomic mass is 9.78. The fourth-order valence-electron chi connectivity index (χ4n) is 6.66. The average Bonchev–Trinajstić information content (AvgIpc) is 3.07. The van der Waals surface area contributed by atoms with Crippen molar-refractivity contribution in [2.75, 3.05) is 58.6 Å². The average molecular weight is 667 g/mol. The number of aliphatic hydroxyl groups is 1. The van der Waals surface area contributed by atoms with E-state index in [0.29, 0.717) is 32.7 Å². The third kappa shape index (κ3) is 8.48. The lowest BCUT2D eigenvalue weighted by molar-refractivity contribution is -0.0273. The fraction of sp³-hybridized carbons (Fsp3) is 0.514. The Hall–Kier alpha value is -3.15. The van der Waals surface area contributed by atoms with E-state index in [1.165, 1.54) is 0 Å². The zero-order valence-corrected chi connectivity index (χ0v) is 29.2. The molecule has 0 radical (unpaired) electrons. The number of ether oxygens (including phenoxy) is 4. The van der Waals surface area contributed by atoms with Crippen LogP contribution in [0.15, 0.2) is 71.6 Å². The zero-order valence-electron chi connectivity index (χ0n) is 28.4. The van der Waals surface area contributed by atoms with Crippen LogP contribution >= 0.6 is 0 Å². The highest BCUT2D eigenvalue weighted by atomic mass is 32.2. The molecule has 1 saturated heterocycles. The van der Waals surface area contributed by atoms with Gasteiger partial charge in [-0.3, -0.25) is 0 Å². The van der Waals surface area contributed by atoms with Crippen molar-refractivity contribution < 1.29 is 32.5 Å². The molecule has 0 aromatic heterocycles. The van der Waals surface area contributed by atoms with E-state index in [1.807, 2.05) is 69.3 Å². The van der Waals surface area contributed by atoms with E-state index in [-0.39, 0.29) is 30.0 Å². The van der Waals surface area contributed by atoms with Crippen LogP contribution in [0, 0.1) is 12.3 Å². The van der Waals surface area contributed by atoms with Crippen molar-refractivity contribution in [1.82, 2.24) is 4.31 Å². The van der Waals surface area contributed by atoms with Gasteiger partial charge in [-0.2, -0.15) is 4.31 Å². The number of sulfonamides is 1. The summed E-state index contributed by atoms with van der Waals surface area (Å²) in [4.78, 5) is 2.59. The topological polar surface area (TPSA) is 97.8 Å². The van der Waals surface area contributed by atoms with Crippen molar-refractivity contribution in [3.8, 4) is 11.5 Å². The number of aryl methyl sites for hydroxylation is 1. The van der Waals surface area contributed by atoms with E-state index >= 15 is 0 Å². The molecule has 0 spiro atoms. The van der Waals surface area contributed by atoms with Crippen LogP contribution in [0.4, 0.5) is 5.69 Å². The van der Waals surface area contributed by atoms with Gasteiger partial charge in [-0.25, -0.2) is 8.42 Å². The fourth-order valence-corrected chi connectivity index (χ4v) is 8.30. The number of piperidine rings is 1. The van der Waals surface area contributed by atoms with E-state index in [0.717, 1.165) is 53.4 Å². The van der Waals surface area contributed by atoms with Gasteiger partial charge in [0.05, 0.1) is 36.9 Å². The minimum atomic E-state index is -3.85. The minimum Gasteiger partial charge on any atom is -0.497 e. The standard InChI is InChI=1S/C37H50N2O7S/c1-27-7-14-32(15-8-27)47(41,42)39-24-36(33(22-30(39)23-37(2,3)26-40)29-10-12-31(44-5)13-11-29)46-25-28-9-16-35-34(21-28)38(18-20-45-35)17-6-19-43-4/h7-16,21,30,33,36,40H,6,17-20,22-26H2,1-5H3/t30-,33-,36+/m1/s1. The summed E-state index contributed by atoms with van der Waals surface area (Å²) in [6.45, 7) is 9.38. The number of nitrogens with zero attached hydrogens (tertiary/aromatic N) is 2. The molecular weight excluding hydrogens is 616 g/mol. The van der Waals surface area contributed by atoms with Crippen molar-refractivity contribution in [3.63, 3.8) is 0 Å². The normalized spacial score (nSPS) is 20.5. The predicted molar refractivity (Wildman–Crippen MR) is 184 cm³/mol. The summed E-state index contributed by atoms with van der Waals surface area (Å²) in [5.74, 6) is 1.54. The molecule has 10 heteroatoms. The molecule has 1 fully saturated rings. The van der Waals surface area contributed by atoms with Crippen LogP contribution in [-0.2, 0) is 26.1 Å². The molecule has 3 aromatic rings. The molecule has 2 aliphatic heterocycles. The zero-order chi connectivity index (χ0) is 33.6. The first-order valence-corrected chi connectivity index (χ1v) is 17.9. The minimum absolute atomic E-state index is 0.0421. The number of fused-ring (bicyclic) bond motifs is 1. The van der Waals surface area contributed by atoms with Crippen LogP contribution in [0.3, 0.4) is 0 Å². The van der Waals surface area contributed by atoms with Crippen LogP contribution < -0.4 is 14.4 Å². The molecular formula is C37H50N2O7S. The number of hydrogen-bond donors (Lipinski definition) is 1. The Kier molecular flexibility index (Phi) is 11.5. The van der Waals surface area contributed by atoms with Gasteiger partial charge in [0.15, 0.2) is 0 Å². The van der Waals surface area contributed by atoms with E-state index in [2.05, 4.69) is 11.0 Å². The van der Waals surface area contributed by atoms with Crippen LogP contribution in [-0.4, -0.2) is 83.6 Å². The maximum atomic E-state index is 14.3. The molecule has 5 rings (SSSR count). The SMILES string of the molecule is COCCCN1CCOc2ccc(CO[C@H]3CN(S(=O)(=O)c4ccc(C)cc4)[C@@H](CC(C)(C)CO)C[C@@H]3c3ccc(OC)cc3)cc21. The Morgan fingerprint density at radius 2 is 1.77 bits per heavy atom. The molecule has 256 valence electrons. The molecule has 0 unspecified atom stereocenters. The highest BCUT2D eigenvalue weighted by Crippen LogP contribution is 2.41. The molecule has 1 N–H and O–H groups in total. The summed E-state index contributed by atoms with van der Waals surface area (Å²) in [5.41, 5.74) is 3.63. The van der Waals surface area contributed by atoms with Crippen LogP contribution in [0.2, 0.25) is 0 Å². The van der Waals surface area contributed by atoms with Crippen molar-refractivity contribution in [1.29, 1.82) is 0 Å². The molecule has 3 aromatic carbocycles. The molecule has 2 heterocycles. The van der Waals surface area contributed by atoms with Crippen molar-refractivity contribution >= 4 is 15.7 Å². The van der Waals surface area contributed by atoms with E-state index < -0.39 is 21.5 Å². The van der Waals surface area contributed by atoms with Crippen molar-refractivity contribution in [2.45, 2.75) is 69.6 Å². The molecule has 3 atom stereocenters. The van der Waals surface area contributed by atoms with Gasteiger partial charge in [0.2, 0.25) is 10.0 Å². The van der Waals surface area contributed by atoms with E-state index in [1.54, 1.807) is 30.7 Å². The van der Waals surface area contributed by atoms with Gasteiger partial charge in [0.25, 0.3) is 0 Å². The molecule has 0 bridgehead atoms. The molecule has 9 nitrogen and oxygen atoms in total. The largest absolute Gasteiger partial charge is 0.497 e. The Morgan fingerprint density at radius 3 is 2.45 bits per heavy atom. The number of rotatable bonds is 14. The molecule has 0 aliphatic carbocycles. The smallest absolute Gasteiger partial charge is 0.243 e. The Morgan fingerprint density at radius 1 is 1.02 bits per heavy atom. The predicted octanol–water partition coefficient (Wildman–Crippen LogP) is 5.78. The second kappa shape index (κ2) is 15.4. The molecule has 47 heavy (non-hydrogen) atoms. The van der Waals surface area contributed by atoms with Crippen LogP contribution in [0.25, 0.3) is 0 Å². The number of benzene rings is 3. The van der Waals surface area contributed by atoms with Gasteiger partial charge in [-0.05, 0) is 79.1 Å². The molecule has 2 aliphatic rings. The Labute approximate surface area is 280 Å². The van der Waals surface area contributed by atoms with Gasteiger partial charge in [-0.1, -0.05) is 49.7 Å². The summed E-state index contributed by atoms with van der Waals surface area (Å²) >= 11 is 0. The first-order chi connectivity index (χ1) is 22.5. The third-order valence-electron chi connectivity index (χ3n) is 9.35. The van der Waals surface area contributed by atoms with Gasteiger partial charge in [0.1, 0.15) is 18.1 Å². The summed E-state index contributed by atoms with van der Waals surface area (Å²) in [6, 6.07) is 20.8. The number of aliphatic hydroxyl groups excluding tert-OH is 1. The quantitative estimate of drug-likeness (QED) is 0.217. The first kappa shape index (κ1) is 35.2. The first-order valence-electron chi connectivity index (χ1n) is 16.5. The van der Waals surface area contributed by atoms with Crippen LogP contribution in [0.1, 0.15) is 55.7 Å². The Bertz CT molecular complexity index is 1560. The summed E-state index contributed by atoms with van der Waals surface area (Å²) in [5, 5.41) is 10.2. The molecule has 0 saturated carbocycles. The van der Waals surface area contributed by atoms with Crippen molar-refractivity contribution in [2.24, 2.45) is 5.41 Å². The Balaban J connectivity index is 1.46. The van der Waals surface area contributed by atoms with Gasteiger partial charge in [-0.15, -0.1) is 0 Å². The molecule has 0 amide bonds. The van der Waals surface area contributed by atoms with Gasteiger partial charge in [0, 0.05) is 45.4 Å². The third-order valence-corrected chi connectivity index (χ3v) is 11.3. The number of hydrogen-bond acceptors (Lipinski definition) is 8. The summed E-state index contributed by atoms with van der Waals surface area (Å²) in [7, 11) is -0.491. The van der Waals surface area contributed by atoms with Gasteiger partial charge >= 0.3 is 0 Å². The monoisotopic (exact) mass is 666 g/mol. The van der Waals surface area contributed by atoms with E-state index in [9.17, 15) is 13.5 Å².